The number of rotatable bonds is 7. The van der Waals surface area contributed by atoms with Crippen LogP contribution >= 0.6 is 11.8 Å². The molecule has 0 radical (unpaired) electrons. The van der Waals surface area contributed by atoms with Crippen LogP contribution in [0.15, 0.2) is 119 Å². The Morgan fingerprint density at radius 3 is 2.18 bits per heavy atom. The first-order valence-electron chi connectivity index (χ1n) is 11.4. The summed E-state index contributed by atoms with van der Waals surface area (Å²) in [7, 11) is 0. The van der Waals surface area contributed by atoms with Crippen LogP contribution in [0.3, 0.4) is 0 Å². The van der Waals surface area contributed by atoms with E-state index < -0.39 is 0 Å². The van der Waals surface area contributed by atoms with Gasteiger partial charge in [0, 0.05) is 38.6 Å². The fourth-order valence-electron chi connectivity index (χ4n) is 4.16. The number of para-hydroxylation sites is 1. The van der Waals surface area contributed by atoms with Gasteiger partial charge in [-0.05, 0) is 42.8 Å². The standard InChI is InChI=1S/C30H26N2OS/c1-22-16-18-24(19-17-22)31-29(33)20-28-30(34-25-12-6-3-7-13-25)26-14-8-9-15-27(26)32(28)21-23-10-4-2-5-11-23/h2-19H,20-21H2,1H3,(H,31,33). The molecule has 3 nitrogen and oxygen atoms in total. The molecule has 168 valence electrons. The van der Waals surface area contributed by atoms with E-state index in [4.69, 9.17) is 0 Å². The van der Waals surface area contributed by atoms with E-state index in [9.17, 15) is 4.79 Å². The van der Waals surface area contributed by atoms with Gasteiger partial charge < -0.3 is 9.88 Å². The number of fused-ring (bicyclic) bond motifs is 1. The Hall–Kier alpha value is -3.76. The van der Waals surface area contributed by atoms with Crippen molar-refractivity contribution in [1.82, 2.24) is 4.57 Å². The highest BCUT2D eigenvalue weighted by atomic mass is 32.2. The lowest BCUT2D eigenvalue weighted by Crippen LogP contribution is -2.17. The molecule has 1 amide bonds. The van der Waals surface area contributed by atoms with Crippen LogP contribution in [-0.2, 0) is 17.8 Å². The van der Waals surface area contributed by atoms with E-state index in [0.717, 1.165) is 26.7 Å². The Morgan fingerprint density at radius 1 is 0.794 bits per heavy atom. The number of nitrogens with one attached hydrogen (secondary N) is 1. The Kier molecular flexibility index (Phi) is 6.50. The summed E-state index contributed by atoms with van der Waals surface area (Å²) in [6, 6.07) is 37.1. The first-order valence-corrected chi connectivity index (χ1v) is 12.2. The van der Waals surface area contributed by atoms with Crippen molar-refractivity contribution < 1.29 is 4.79 Å². The second-order valence-corrected chi connectivity index (χ2v) is 9.45. The fourth-order valence-corrected chi connectivity index (χ4v) is 5.27. The van der Waals surface area contributed by atoms with Gasteiger partial charge in [-0.2, -0.15) is 0 Å². The third-order valence-electron chi connectivity index (χ3n) is 5.84. The molecule has 0 aliphatic rings. The summed E-state index contributed by atoms with van der Waals surface area (Å²) in [6.07, 6.45) is 0.296. The van der Waals surface area contributed by atoms with Crippen molar-refractivity contribution in [2.45, 2.75) is 29.7 Å². The van der Waals surface area contributed by atoms with Crippen LogP contribution < -0.4 is 5.32 Å². The quantitative estimate of drug-likeness (QED) is 0.275. The lowest BCUT2D eigenvalue weighted by Gasteiger charge is -2.13. The number of benzene rings is 4. The maximum Gasteiger partial charge on any atom is 0.230 e. The molecule has 0 saturated heterocycles. The van der Waals surface area contributed by atoms with Crippen LogP contribution in [0.25, 0.3) is 10.9 Å². The van der Waals surface area contributed by atoms with Crippen LogP contribution in [-0.4, -0.2) is 10.5 Å². The number of aromatic nitrogens is 1. The second kappa shape index (κ2) is 10.0. The Balaban J connectivity index is 1.57. The zero-order valence-corrected chi connectivity index (χ0v) is 19.9. The number of anilines is 1. The average Bonchev–Trinajstić information content (AvgIpc) is 3.14. The normalized spacial score (nSPS) is 11.0. The highest BCUT2D eigenvalue weighted by Crippen LogP contribution is 2.39. The van der Waals surface area contributed by atoms with Gasteiger partial charge in [-0.15, -0.1) is 0 Å². The first kappa shape index (κ1) is 22.1. The molecule has 5 rings (SSSR count). The fraction of sp³-hybridized carbons (Fsp3) is 0.100. The van der Waals surface area contributed by atoms with E-state index in [1.165, 1.54) is 16.5 Å². The zero-order valence-electron chi connectivity index (χ0n) is 19.1. The minimum Gasteiger partial charge on any atom is -0.338 e. The van der Waals surface area contributed by atoms with Crippen LogP contribution in [0.1, 0.15) is 16.8 Å². The van der Waals surface area contributed by atoms with Gasteiger partial charge in [-0.1, -0.05) is 96.2 Å². The van der Waals surface area contributed by atoms with Gasteiger partial charge in [0.2, 0.25) is 5.91 Å². The molecule has 0 unspecified atom stereocenters. The third kappa shape index (κ3) is 4.92. The molecule has 0 aliphatic carbocycles. The van der Waals surface area contributed by atoms with Crippen molar-refractivity contribution in [3.63, 3.8) is 0 Å². The van der Waals surface area contributed by atoms with E-state index in [0.29, 0.717) is 13.0 Å². The van der Waals surface area contributed by atoms with Gasteiger partial charge in [0.05, 0.1) is 6.42 Å². The SMILES string of the molecule is Cc1ccc(NC(=O)Cc2c(Sc3ccccc3)c3ccccc3n2Cc2ccccc2)cc1. The molecule has 0 atom stereocenters. The topological polar surface area (TPSA) is 34.0 Å². The van der Waals surface area contributed by atoms with Crippen molar-refractivity contribution >= 4 is 34.3 Å². The van der Waals surface area contributed by atoms with E-state index in [1.54, 1.807) is 11.8 Å². The second-order valence-electron chi connectivity index (χ2n) is 8.37. The number of hydrogen-bond acceptors (Lipinski definition) is 2. The van der Waals surface area contributed by atoms with Crippen LogP contribution in [0.5, 0.6) is 0 Å². The summed E-state index contributed by atoms with van der Waals surface area (Å²) in [5, 5.41) is 4.25. The molecule has 0 spiro atoms. The molecule has 5 aromatic rings. The molecule has 0 aliphatic heterocycles. The smallest absolute Gasteiger partial charge is 0.230 e. The van der Waals surface area contributed by atoms with E-state index in [2.05, 4.69) is 82.7 Å². The summed E-state index contributed by atoms with van der Waals surface area (Å²) in [5.74, 6) is -0.0177. The molecule has 1 aromatic heterocycles. The van der Waals surface area contributed by atoms with Crippen LogP contribution in [0, 0.1) is 6.92 Å². The average molecular weight is 463 g/mol. The minimum atomic E-state index is -0.0177. The molecule has 4 heteroatoms. The summed E-state index contributed by atoms with van der Waals surface area (Å²) in [5.41, 5.74) is 5.37. The summed E-state index contributed by atoms with van der Waals surface area (Å²) < 4.78 is 2.30. The van der Waals surface area contributed by atoms with Crippen molar-refractivity contribution in [2.24, 2.45) is 0 Å². The highest BCUT2D eigenvalue weighted by molar-refractivity contribution is 7.99. The lowest BCUT2D eigenvalue weighted by atomic mass is 10.2. The minimum absolute atomic E-state index is 0.0177. The first-order chi connectivity index (χ1) is 16.7. The third-order valence-corrected chi connectivity index (χ3v) is 7.00. The zero-order chi connectivity index (χ0) is 23.3. The number of hydrogen-bond donors (Lipinski definition) is 1. The molecule has 0 bridgehead atoms. The molecule has 1 heterocycles. The Bertz CT molecular complexity index is 1330. The monoisotopic (exact) mass is 462 g/mol. The Morgan fingerprint density at radius 2 is 1.44 bits per heavy atom. The van der Waals surface area contributed by atoms with Crippen molar-refractivity contribution in [1.29, 1.82) is 0 Å². The summed E-state index contributed by atoms with van der Waals surface area (Å²) in [6.45, 7) is 2.75. The number of nitrogens with zero attached hydrogens (tertiary/aromatic N) is 1. The molecule has 34 heavy (non-hydrogen) atoms. The number of carbonyl (C=O) groups is 1. The maximum absolute atomic E-state index is 13.2. The Labute approximate surface area is 204 Å². The molecule has 1 N–H and O–H groups in total. The predicted molar refractivity (Wildman–Crippen MR) is 142 cm³/mol. The van der Waals surface area contributed by atoms with Gasteiger partial charge in [-0.3, -0.25) is 4.79 Å². The van der Waals surface area contributed by atoms with Crippen molar-refractivity contribution in [3.8, 4) is 0 Å². The largest absolute Gasteiger partial charge is 0.338 e. The number of amides is 1. The molecule has 4 aromatic carbocycles. The van der Waals surface area contributed by atoms with Crippen molar-refractivity contribution in [3.05, 3.63) is 126 Å². The number of aryl methyl sites for hydroxylation is 1. The maximum atomic E-state index is 13.2. The van der Waals surface area contributed by atoms with E-state index >= 15 is 0 Å². The van der Waals surface area contributed by atoms with Crippen LogP contribution in [0.2, 0.25) is 0 Å². The molecule has 0 saturated carbocycles. The number of carbonyl (C=O) groups excluding carboxylic acids is 1. The van der Waals surface area contributed by atoms with Crippen molar-refractivity contribution in [2.75, 3.05) is 5.32 Å². The molecular formula is C30H26N2OS. The van der Waals surface area contributed by atoms with Gasteiger partial charge >= 0.3 is 0 Å². The van der Waals surface area contributed by atoms with E-state index in [1.807, 2.05) is 43.3 Å². The van der Waals surface area contributed by atoms with Crippen LogP contribution in [0.4, 0.5) is 5.69 Å². The summed E-state index contributed by atoms with van der Waals surface area (Å²) in [4.78, 5) is 15.5. The molecule has 0 fully saturated rings. The van der Waals surface area contributed by atoms with E-state index in [-0.39, 0.29) is 5.91 Å². The predicted octanol–water partition coefficient (Wildman–Crippen LogP) is 7.33. The van der Waals surface area contributed by atoms with Gasteiger partial charge in [0.1, 0.15) is 0 Å². The lowest BCUT2D eigenvalue weighted by molar-refractivity contribution is -0.115. The highest BCUT2D eigenvalue weighted by Gasteiger charge is 2.21. The van der Waals surface area contributed by atoms with Gasteiger partial charge in [-0.25, -0.2) is 0 Å². The van der Waals surface area contributed by atoms with Gasteiger partial charge in [0.25, 0.3) is 0 Å². The van der Waals surface area contributed by atoms with Gasteiger partial charge in [0.15, 0.2) is 0 Å². The summed E-state index contributed by atoms with van der Waals surface area (Å²) >= 11 is 1.72. The molecular weight excluding hydrogens is 436 g/mol.